The summed E-state index contributed by atoms with van der Waals surface area (Å²) in [5.41, 5.74) is 2.17. The SMILES string of the molecule is CCNC(=NCc1csc(-c2ccccc2)n1)N1CCC(COCCOC)C1. The van der Waals surface area contributed by atoms with Crippen LogP contribution in [-0.4, -0.2) is 62.4 Å². The van der Waals surface area contributed by atoms with Crippen LogP contribution in [0.15, 0.2) is 40.7 Å². The van der Waals surface area contributed by atoms with Gasteiger partial charge in [-0.15, -0.1) is 11.3 Å². The van der Waals surface area contributed by atoms with Crippen molar-refractivity contribution in [3.05, 3.63) is 41.4 Å². The predicted molar refractivity (Wildman–Crippen MR) is 115 cm³/mol. The van der Waals surface area contributed by atoms with Crippen molar-refractivity contribution in [2.75, 3.05) is 46.6 Å². The topological polar surface area (TPSA) is 59.0 Å². The molecule has 0 spiro atoms. The second kappa shape index (κ2) is 11.1. The zero-order valence-electron chi connectivity index (χ0n) is 16.8. The second-order valence-corrected chi connectivity index (χ2v) is 7.71. The van der Waals surface area contributed by atoms with E-state index >= 15 is 0 Å². The summed E-state index contributed by atoms with van der Waals surface area (Å²) in [6, 6.07) is 10.3. The molecule has 1 fully saturated rings. The molecule has 0 amide bonds. The molecule has 0 bridgehead atoms. The molecule has 0 saturated carbocycles. The van der Waals surface area contributed by atoms with Gasteiger partial charge < -0.3 is 19.7 Å². The molecule has 152 valence electrons. The average molecular weight is 403 g/mol. The van der Waals surface area contributed by atoms with Crippen LogP contribution in [0, 0.1) is 5.92 Å². The van der Waals surface area contributed by atoms with E-state index in [9.17, 15) is 0 Å². The minimum Gasteiger partial charge on any atom is -0.382 e. The molecule has 1 aliphatic rings. The minimum atomic E-state index is 0.546. The highest BCUT2D eigenvalue weighted by atomic mass is 32.1. The van der Waals surface area contributed by atoms with Gasteiger partial charge in [-0.2, -0.15) is 0 Å². The number of likely N-dealkylation sites (tertiary alicyclic amines) is 1. The smallest absolute Gasteiger partial charge is 0.194 e. The van der Waals surface area contributed by atoms with Gasteiger partial charge in [0.2, 0.25) is 0 Å². The molecule has 0 radical (unpaired) electrons. The first-order chi connectivity index (χ1) is 13.8. The van der Waals surface area contributed by atoms with Crippen LogP contribution in [-0.2, 0) is 16.0 Å². The summed E-state index contributed by atoms with van der Waals surface area (Å²) in [5.74, 6) is 1.51. The molecule has 7 heteroatoms. The third-order valence-corrected chi connectivity index (χ3v) is 5.61. The number of guanidine groups is 1. The number of nitrogens with one attached hydrogen (secondary N) is 1. The van der Waals surface area contributed by atoms with Gasteiger partial charge in [0.1, 0.15) is 5.01 Å². The van der Waals surface area contributed by atoms with Crippen molar-refractivity contribution in [3.8, 4) is 10.6 Å². The third kappa shape index (κ3) is 6.02. The van der Waals surface area contributed by atoms with Crippen LogP contribution in [0.3, 0.4) is 0 Å². The average Bonchev–Trinajstić information content (AvgIpc) is 3.39. The highest BCUT2D eigenvalue weighted by Crippen LogP contribution is 2.23. The zero-order chi connectivity index (χ0) is 19.6. The summed E-state index contributed by atoms with van der Waals surface area (Å²) >= 11 is 1.67. The van der Waals surface area contributed by atoms with Crippen LogP contribution in [0.4, 0.5) is 0 Å². The van der Waals surface area contributed by atoms with E-state index in [1.54, 1.807) is 18.4 Å². The van der Waals surface area contributed by atoms with E-state index in [2.05, 4.69) is 34.7 Å². The number of ether oxygens (including phenoxy) is 2. The summed E-state index contributed by atoms with van der Waals surface area (Å²) in [4.78, 5) is 11.9. The van der Waals surface area contributed by atoms with Crippen molar-refractivity contribution in [3.63, 3.8) is 0 Å². The number of nitrogens with zero attached hydrogens (tertiary/aromatic N) is 3. The number of methoxy groups -OCH3 is 1. The first-order valence-electron chi connectivity index (χ1n) is 9.90. The Morgan fingerprint density at radius 1 is 1.32 bits per heavy atom. The Morgan fingerprint density at radius 3 is 2.96 bits per heavy atom. The monoisotopic (exact) mass is 402 g/mol. The Balaban J connectivity index is 1.55. The quantitative estimate of drug-likeness (QED) is 0.396. The van der Waals surface area contributed by atoms with E-state index in [-0.39, 0.29) is 0 Å². The number of rotatable bonds is 9. The Kier molecular flexibility index (Phi) is 8.26. The largest absolute Gasteiger partial charge is 0.382 e. The van der Waals surface area contributed by atoms with Gasteiger partial charge in [-0.1, -0.05) is 30.3 Å². The lowest BCUT2D eigenvalue weighted by Gasteiger charge is -2.21. The molecule has 1 aromatic carbocycles. The fourth-order valence-corrected chi connectivity index (χ4v) is 4.04. The molecular formula is C21H30N4O2S. The van der Waals surface area contributed by atoms with Crippen LogP contribution in [0.25, 0.3) is 10.6 Å². The van der Waals surface area contributed by atoms with Gasteiger partial charge in [0, 0.05) is 43.6 Å². The maximum Gasteiger partial charge on any atom is 0.194 e. The number of hydrogen-bond acceptors (Lipinski definition) is 5. The number of aromatic nitrogens is 1. The number of aliphatic imine (C=N–C) groups is 1. The molecule has 1 saturated heterocycles. The van der Waals surface area contributed by atoms with Gasteiger partial charge in [0.25, 0.3) is 0 Å². The summed E-state index contributed by atoms with van der Waals surface area (Å²) < 4.78 is 10.7. The molecule has 6 nitrogen and oxygen atoms in total. The zero-order valence-corrected chi connectivity index (χ0v) is 17.6. The molecule has 2 aromatic rings. The van der Waals surface area contributed by atoms with Crippen LogP contribution >= 0.6 is 11.3 Å². The highest BCUT2D eigenvalue weighted by molar-refractivity contribution is 7.13. The third-order valence-electron chi connectivity index (χ3n) is 4.67. The van der Waals surface area contributed by atoms with Gasteiger partial charge in [-0.3, -0.25) is 0 Å². The molecule has 1 atom stereocenters. The minimum absolute atomic E-state index is 0.546. The van der Waals surface area contributed by atoms with Crippen molar-refractivity contribution in [1.29, 1.82) is 0 Å². The fraction of sp³-hybridized carbons (Fsp3) is 0.524. The first-order valence-corrected chi connectivity index (χ1v) is 10.8. The molecular weight excluding hydrogens is 372 g/mol. The molecule has 2 heterocycles. The first kappa shape index (κ1) is 20.8. The fourth-order valence-electron chi connectivity index (χ4n) is 3.23. The Morgan fingerprint density at radius 2 is 2.18 bits per heavy atom. The Labute approximate surface area is 171 Å². The highest BCUT2D eigenvalue weighted by Gasteiger charge is 2.25. The molecule has 1 aliphatic heterocycles. The van der Waals surface area contributed by atoms with Crippen molar-refractivity contribution in [2.45, 2.75) is 19.9 Å². The summed E-state index contributed by atoms with van der Waals surface area (Å²) in [5, 5.41) is 6.57. The standard InChI is InChI=1S/C21H30N4O2S/c1-3-22-21(25-10-9-17(14-25)15-27-12-11-26-2)23-13-19-16-28-20(24-19)18-7-5-4-6-8-18/h4-8,16-17H,3,9-15H2,1-2H3,(H,22,23). The molecule has 1 aromatic heterocycles. The van der Waals surface area contributed by atoms with Gasteiger partial charge in [-0.05, 0) is 13.3 Å². The summed E-state index contributed by atoms with van der Waals surface area (Å²) in [6.45, 7) is 7.64. The van der Waals surface area contributed by atoms with Gasteiger partial charge in [0.05, 0.1) is 32.1 Å². The lowest BCUT2D eigenvalue weighted by Crippen LogP contribution is -2.40. The maximum absolute atomic E-state index is 5.70. The van der Waals surface area contributed by atoms with Crippen LogP contribution in [0.2, 0.25) is 0 Å². The molecule has 3 rings (SSSR count). The van der Waals surface area contributed by atoms with Gasteiger partial charge in [0.15, 0.2) is 5.96 Å². The lowest BCUT2D eigenvalue weighted by atomic mass is 10.1. The van der Waals surface area contributed by atoms with Crippen molar-refractivity contribution < 1.29 is 9.47 Å². The number of benzene rings is 1. The Bertz CT molecular complexity index is 735. The van der Waals surface area contributed by atoms with E-state index < -0.39 is 0 Å². The van der Waals surface area contributed by atoms with Crippen LogP contribution in [0.5, 0.6) is 0 Å². The molecule has 1 N–H and O–H groups in total. The van der Waals surface area contributed by atoms with E-state index in [1.807, 2.05) is 18.2 Å². The summed E-state index contributed by atoms with van der Waals surface area (Å²) in [7, 11) is 1.70. The molecule has 1 unspecified atom stereocenters. The maximum atomic E-state index is 5.70. The second-order valence-electron chi connectivity index (χ2n) is 6.85. The van der Waals surface area contributed by atoms with E-state index in [0.29, 0.717) is 25.7 Å². The van der Waals surface area contributed by atoms with Crippen molar-refractivity contribution in [1.82, 2.24) is 15.2 Å². The normalized spacial score (nSPS) is 17.3. The van der Waals surface area contributed by atoms with Crippen molar-refractivity contribution in [2.24, 2.45) is 10.9 Å². The molecule has 0 aliphatic carbocycles. The van der Waals surface area contributed by atoms with Crippen molar-refractivity contribution >= 4 is 17.3 Å². The number of thiazole rings is 1. The predicted octanol–water partition coefficient (Wildman–Crippen LogP) is 3.26. The van der Waals surface area contributed by atoms with Crippen LogP contribution < -0.4 is 5.32 Å². The number of hydrogen-bond donors (Lipinski definition) is 1. The van der Waals surface area contributed by atoms with Crippen LogP contribution in [0.1, 0.15) is 19.0 Å². The molecule has 28 heavy (non-hydrogen) atoms. The van der Waals surface area contributed by atoms with E-state index in [0.717, 1.165) is 54.9 Å². The van der Waals surface area contributed by atoms with Gasteiger partial charge >= 0.3 is 0 Å². The van der Waals surface area contributed by atoms with Gasteiger partial charge in [-0.25, -0.2) is 9.98 Å². The summed E-state index contributed by atoms with van der Waals surface area (Å²) in [6.07, 6.45) is 1.13. The Hall–Kier alpha value is -1.96. The van der Waals surface area contributed by atoms with E-state index in [4.69, 9.17) is 19.5 Å². The van der Waals surface area contributed by atoms with E-state index in [1.165, 1.54) is 0 Å². The lowest BCUT2D eigenvalue weighted by molar-refractivity contribution is 0.0536.